The van der Waals surface area contributed by atoms with Gasteiger partial charge in [0.05, 0.1) is 7.11 Å². The van der Waals surface area contributed by atoms with Gasteiger partial charge in [0.25, 0.3) is 0 Å². The highest BCUT2D eigenvalue weighted by Crippen LogP contribution is 2.35. The predicted molar refractivity (Wildman–Crippen MR) is 157 cm³/mol. The maximum atomic E-state index is 11.4. The van der Waals surface area contributed by atoms with Crippen LogP contribution < -0.4 is 14.2 Å². The fourth-order valence-electron chi connectivity index (χ4n) is 5.41. The Hall–Kier alpha value is -3.74. The molecule has 9 N–H and O–H groups in total. The summed E-state index contributed by atoms with van der Waals surface area (Å²) >= 11 is 0. The van der Waals surface area contributed by atoms with Gasteiger partial charge >= 0.3 is 11.9 Å². The zero-order valence-corrected chi connectivity index (χ0v) is 25.7. The zero-order valence-electron chi connectivity index (χ0n) is 25.7. The van der Waals surface area contributed by atoms with Crippen molar-refractivity contribution in [3.8, 4) is 23.0 Å². The molecule has 0 bridgehead atoms. The van der Waals surface area contributed by atoms with Crippen LogP contribution in [0.4, 0.5) is 0 Å². The molecule has 0 amide bonds. The van der Waals surface area contributed by atoms with Gasteiger partial charge in [0.1, 0.15) is 36.6 Å². The van der Waals surface area contributed by atoms with Gasteiger partial charge in [-0.1, -0.05) is 26.0 Å². The summed E-state index contributed by atoms with van der Waals surface area (Å²) in [5.74, 6) is -3.04. The first-order chi connectivity index (χ1) is 22.1. The standard InChI is InChI=1S/C31H40O16/c1-12(8-14-4-6-16(32)18(10-14)45-31-25(38)21(34)23(36)27(47-31)29(41)42)13(2)9-15-5-7-17(19(11-15)43-3)44-30-24(37)20(33)22(35)26(46-30)28(39)40/h4-7,10-13,20-27,30-38H,8-9H2,1-3H3,(H,39,40)(H,41,42)/t12-,13+,20+,21+,22+,23+,24-,25-,26+,27+,30-,31-/m1/s1. The maximum Gasteiger partial charge on any atom is 0.335 e. The normalized spacial score (nSPS) is 32.2. The molecule has 16 heteroatoms. The Morgan fingerprint density at radius 1 is 0.660 bits per heavy atom. The molecule has 0 aliphatic carbocycles. The van der Waals surface area contributed by atoms with Crippen LogP contribution in [0, 0.1) is 11.8 Å². The van der Waals surface area contributed by atoms with Crippen LogP contribution in [0.1, 0.15) is 25.0 Å². The third-order valence-corrected chi connectivity index (χ3v) is 8.45. The van der Waals surface area contributed by atoms with Gasteiger partial charge < -0.3 is 69.6 Å². The lowest BCUT2D eigenvalue weighted by molar-refractivity contribution is -0.271. The summed E-state index contributed by atoms with van der Waals surface area (Å²) in [6.07, 6.45) is -16.8. The number of phenols is 1. The summed E-state index contributed by atoms with van der Waals surface area (Å²) < 4.78 is 27.0. The minimum atomic E-state index is -1.89. The second-order valence-electron chi connectivity index (χ2n) is 11.9. The average molecular weight is 669 g/mol. The van der Waals surface area contributed by atoms with E-state index in [0.29, 0.717) is 12.8 Å². The van der Waals surface area contributed by atoms with Gasteiger partial charge in [-0.15, -0.1) is 0 Å². The lowest BCUT2D eigenvalue weighted by atomic mass is 9.85. The van der Waals surface area contributed by atoms with Crippen LogP contribution in [0.5, 0.6) is 23.0 Å². The van der Waals surface area contributed by atoms with E-state index in [4.69, 9.17) is 23.7 Å². The monoisotopic (exact) mass is 668 g/mol. The molecule has 0 unspecified atom stereocenters. The van der Waals surface area contributed by atoms with Gasteiger partial charge in [-0.25, -0.2) is 9.59 Å². The van der Waals surface area contributed by atoms with E-state index in [2.05, 4.69) is 0 Å². The summed E-state index contributed by atoms with van der Waals surface area (Å²) in [5.41, 5.74) is 1.58. The number of aliphatic carboxylic acids is 2. The largest absolute Gasteiger partial charge is 0.504 e. The molecule has 47 heavy (non-hydrogen) atoms. The van der Waals surface area contributed by atoms with Gasteiger partial charge in [0.15, 0.2) is 35.2 Å². The number of aromatic hydroxyl groups is 1. The third kappa shape index (κ3) is 8.05. The van der Waals surface area contributed by atoms with Crippen LogP contribution in [0.3, 0.4) is 0 Å². The molecule has 2 aromatic carbocycles. The molecule has 2 heterocycles. The number of aliphatic hydroxyl groups is 6. The zero-order chi connectivity index (χ0) is 34.7. The van der Waals surface area contributed by atoms with Gasteiger partial charge in [-0.3, -0.25) is 0 Å². The Balaban J connectivity index is 1.40. The SMILES string of the molecule is COc1cc(C[C@H](C)[C@H](C)Cc2ccc(O)c(O[C@@H]3O[C@H](C(=O)O)[C@@H](O)[C@H](O)[C@H]3O)c2)ccc1O[C@@H]1O[C@H](C(=O)O)[C@@H](O)[C@H](O)[C@H]1O. The second kappa shape index (κ2) is 15.0. The third-order valence-electron chi connectivity index (χ3n) is 8.45. The van der Waals surface area contributed by atoms with Crippen LogP contribution in [0.25, 0.3) is 0 Å². The molecular weight excluding hydrogens is 628 g/mol. The number of ether oxygens (including phenoxy) is 5. The Morgan fingerprint density at radius 3 is 1.53 bits per heavy atom. The quantitative estimate of drug-likeness (QED) is 0.131. The Bertz CT molecular complexity index is 1400. The first-order valence-corrected chi connectivity index (χ1v) is 14.8. The lowest BCUT2D eigenvalue weighted by Gasteiger charge is -2.38. The van der Waals surface area contributed by atoms with E-state index in [1.54, 1.807) is 24.3 Å². The number of carboxylic acid groups (broad SMARTS) is 2. The van der Waals surface area contributed by atoms with Crippen molar-refractivity contribution >= 4 is 11.9 Å². The smallest absolute Gasteiger partial charge is 0.335 e. The Morgan fingerprint density at radius 2 is 1.09 bits per heavy atom. The average Bonchev–Trinajstić information content (AvgIpc) is 3.03. The van der Waals surface area contributed by atoms with Crippen LogP contribution in [0.2, 0.25) is 0 Å². The van der Waals surface area contributed by atoms with Gasteiger partial charge in [0, 0.05) is 0 Å². The minimum absolute atomic E-state index is 0.0610. The fourth-order valence-corrected chi connectivity index (χ4v) is 5.41. The Labute approximate surface area is 268 Å². The molecule has 260 valence electrons. The molecule has 0 spiro atoms. The highest BCUT2D eigenvalue weighted by atomic mass is 16.7. The number of carboxylic acids is 2. The van der Waals surface area contributed by atoms with E-state index in [1.165, 1.54) is 19.2 Å². The van der Waals surface area contributed by atoms with Crippen LogP contribution in [-0.2, 0) is 31.9 Å². The van der Waals surface area contributed by atoms with Crippen molar-refractivity contribution in [3.63, 3.8) is 0 Å². The Kier molecular flexibility index (Phi) is 11.5. The van der Waals surface area contributed by atoms with Crippen LogP contribution in [0.15, 0.2) is 36.4 Å². The highest BCUT2D eigenvalue weighted by molar-refractivity contribution is 5.74. The predicted octanol–water partition coefficient (Wildman–Crippen LogP) is -1.000. The number of hydrogen-bond donors (Lipinski definition) is 9. The molecule has 12 atom stereocenters. The number of benzene rings is 2. The first-order valence-electron chi connectivity index (χ1n) is 14.8. The summed E-state index contributed by atoms with van der Waals surface area (Å²) in [5, 5.41) is 89.4. The number of hydrogen-bond acceptors (Lipinski definition) is 14. The molecular formula is C31H40O16. The van der Waals surface area contributed by atoms with E-state index in [-0.39, 0.29) is 34.8 Å². The van der Waals surface area contributed by atoms with Crippen molar-refractivity contribution in [1.82, 2.24) is 0 Å². The summed E-state index contributed by atoms with van der Waals surface area (Å²) in [6.45, 7) is 4.03. The molecule has 16 nitrogen and oxygen atoms in total. The van der Waals surface area contributed by atoms with E-state index < -0.39 is 73.4 Å². The lowest BCUT2D eigenvalue weighted by Crippen LogP contribution is -2.61. The number of aliphatic hydroxyl groups excluding tert-OH is 6. The van der Waals surface area contributed by atoms with E-state index >= 15 is 0 Å². The topological polar surface area (TPSA) is 262 Å². The van der Waals surface area contributed by atoms with Gasteiger partial charge in [-0.05, 0) is 60.1 Å². The van der Waals surface area contributed by atoms with Crippen molar-refractivity contribution in [2.75, 3.05) is 7.11 Å². The molecule has 2 aromatic rings. The van der Waals surface area contributed by atoms with E-state index in [1.807, 2.05) is 13.8 Å². The molecule has 2 aliphatic heterocycles. The number of phenolic OH excluding ortho intramolecular Hbond substituents is 1. The summed E-state index contributed by atoms with van der Waals surface area (Å²) in [7, 11) is 1.39. The molecule has 2 fully saturated rings. The van der Waals surface area contributed by atoms with Crippen molar-refractivity contribution < 1.29 is 79.2 Å². The first kappa shape index (κ1) is 36.1. The maximum absolute atomic E-state index is 11.4. The molecule has 0 radical (unpaired) electrons. The van der Waals surface area contributed by atoms with Crippen molar-refractivity contribution in [2.24, 2.45) is 11.8 Å². The van der Waals surface area contributed by atoms with E-state index in [9.17, 15) is 55.5 Å². The fraction of sp³-hybridized carbons (Fsp3) is 0.548. The summed E-state index contributed by atoms with van der Waals surface area (Å²) in [6, 6.07) is 9.53. The van der Waals surface area contributed by atoms with Crippen molar-refractivity contribution in [3.05, 3.63) is 47.5 Å². The van der Waals surface area contributed by atoms with Crippen LogP contribution in [-0.4, -0.2) is 126 Å². The highest BCUT2D eigenvalue weighted by Gasteiger charge is 2.49. The van der Waals surface area contributed by atoms with Crippen molar-refractivity contribution in [1.29, 1.82) is 0 Å². The molecule has 0 saturated carbocycles. The summed E-state index contributed by atoms with van der Waals surface area (Å²) in [4.78, 5) is 22.8. The second-order valence-corrected chi connectivity index (χ2v) is 11.9. The molecule has 2 saturated heterocycles. The number of carbonyl (C=O) groups is 2. The van der Waals surface area contributed by atoms with E-state index in [0.717, 1.165) is 11.1 Å². The van der Waals surface area contributed by atoms with Gasteiger partial charge in [0.2, 0.25) is 12.6 Å². The number of methoxy groups -OCH3 is 1. The minimum Gasteiger partial charge on any atom is -0.504 e. The molecule has 0 aromatic heterocycles. The number of rotatable bonds is 12. The van der Waals surface area contributed by atoms with Crippen LogP contribution >= 0.6 is 0 Å². The van der Waals surface area contributed by atoms with Crippen molar-refractivity contribution in [2.45, 2.75) is 88.1 Å². The molecule has 4 rings (SSSR count). The van der Waals surface area contributed by atoms with Gasteiger partial charge in [-0.2, -0.15) is 0 Å². The molecule has 2 aliphatic rings.